The lowest BCUT2D eigenvalue weighted by molar-refractivity contribution is 0.104. The summed E-state index contributed by atoms with van der Waals surface area (Å²) in [7, 11) is 0. The van der Waals surface area contributed by atoms with Crippen molar-refractivity contribution < 1.29 is 18.8 Å². The quantitative estimate of drug-likeness (QED) is 0.710. The van der Waals surface area contributed by atoms with Crippen molar-refractivity contribution >= 4 is 45.7 Å². The molecule has 1 aromatic carbocycles. The number of hydrogen-bond donors (Lipinski definition) is 2. The third kappa shape index (κ3) is 2.09. The lowest BCUT2D eigenvalue weighted by Gasteiger charge is -2.00. The molecular formula is C14H9ClN2O3S. The molecule has 0 aliphatic carbocycles. The van der Waals surface area contributed by atoms with E-state index in [0.717, 1.165) is 4.57 Å². The molecule has 2 heterocycles. The SMILES string of the molecule is [2H]c1sc(C(=O)c2c(O)n(C(N)=O)c3ccc(Cl)cc23)c([2H])c1[2H]. The number of carbonyl (C=O) groups is 2. The van der Waals surface area contributed by atoms with Crippen LogP contribution < -0.4 is 5.73 Å². The van der Waals surface area contributed by atoms with Gasteiger partial charge in [-0.3, -0.25) is 4.79 Å². The molecule has 0 aliphatic rings. The molecule has 0 bridgehead atoms. The fourth-order valence-corrected chi connectivity index (χ4v) is 2.77. The van der Waals surface area contributed by atoms with Gasteiger partial charge in [-0.15, -0.1) is 11.3 Å². The Balaban J connectivity index is 2.35. The number of benzene rings is 1. The highest BCUT2D eigenvalue weighted by Gasteiger charge is 2.26. The molecule has 106 valence electrons. The van der Waals surface area contributed by atoms with E-state index in [1.165, 1.54) is 18.2 Å². The minimum Gasteiger partial charge on any atom is -0.494 e. The zero-order chi connectivity index (χ0) is 17.8. The summed E-state index contributed by atoms with van der Waals surface area (Å²) in [5, 5.41) is 10.5. The average Bonchev–Trinajstić information content (AvgIpc) is 2.94. The van der Waals surface area contributed by atoms with Gasteiger partial charge in [0.05, 0.1) is 20.1 Å². The standard InChI is InChI=1S/C14H9ClN2O3S/c15-7-3-4-9-8(6-7)11(13(19)17(9)14(16)20)12(18)10-2-1-5-21-10/h1-6,19H,(H2,16,20)/i1D,2D,5D. The molecule has 0 saturated carbocycles. The molecular weight excluding hydrogens is 312 g/mol. The van der Waals surface area contributed by atoms with Crippen LogP contribution in [0.5, 0.6) is 5.88 Å². The molecule has 21 heavy (non-hydrogen) atoms. The van der Waals surface area contributed by atoms with Crippen LogP contribution in [0, 0.1) is 0 Å². The molecule has 0 saturated heterocycles. The molecule has 7 heteroatoms. The maximum atomic E-state index is 12.8. The Morgan fingerprint density at radius 3 is 2.81 bits per heavy atom. The van der Waals surface area contributed by atoms with Crippen molar-refractivity contribution in [3.8, 4) is 5.88 Å². The van der Waals surface area contributed by atoms with Crippen molar-refractivity contribution in [1.82, 2.24) is 4.57 Å². The first kappa shape index (κ1) is 10.4. The van der Waals surface area contributed by atoms with E-state index in [0.29, 0.717) is 11.3 Å². The summed E-state index contributed by atoms with van der Waals surface area (Å²) in [5.74, 6) is -1.45. The number of hydrogen-bond acceptors (Lipinski definition) is 4. The number of amides is 1. The zero-order valence-corrected chi connectivity index (χ0v) is 11.9. The molecule has 0 fully saturated rings. The molecule has 5 nitrogen and oxygen atoms in total. The Labute approximate surface area is 132 Å². The van der Waals surface area contributed by atoms with Crippen LogP contribution in [0.1, 0.15) is 19.3 Å². The van der Waals surface area contributed by atoms with Gasteiger partial charge in [0.15, 0.2) is 0 Å². The highest BCUT2D eigenvalue weighted by atomic mass is 35.5. The van der Waals surface area contributed by atoms with E-state index in [1.807, 2.05) is 0 Å². The highest BCUT2D eigenvalue weighted by Crippen LogP contribution is 2.35. The van der Waals surface area contributed by atoms with Gasteiger partial charge in [0.2, 0.25) is 11.7 Å². The first-order chi connectivity index (χ1) is 11.2. The number of primary amides is 1. The molecule has 0 radical (unpaired) electrons. The smallest absolute Gasteiger partial charge is 0.326 e. The van der Waals surface area contributed by atoms with E-state index < -0.39 is 23.7 Å². The van der Waals surface area contributed by atoms with Crippen LogP contribution in [0.2, 0.25) is 5.02 Å². The van der Waals surface area contributed by atoms with E-state index in [-0.39, 0.29) is 37.8 Å². The molecule has 2 aromatic heterocycles. The van der Waals surface area contributed by atoms with E-state index in [1.54, 1.807) is 0 Å². The van der Waals surface area contributed by atoms with Gasteiger partial charge in [0.1, 0.15) is 0 Å². The second-order valence-electron chi connectivity index (χ2n) is 4.15. The molecule has 3 N–H and O–H groups in total. The van der Waals surface area contributed by atoms with E-state index >= 15 is 0 Å². The van der Waals surface area contributed by atoms with Gasteiger partial charge < -0.3 is 10.8 Å². The summed E-state index contributed by atoms with van der Waals surface area (Å²) in [4.78, 5) is 24.2. The van der Waals surface area contributed by atoms with Gasteiger partial charge in [-0.25, -0.2) is 9.36 Å². The number of aromatic nitrogens is 1. The molecule has 0 unspecified atom stereocenters. The lowest BCUT2D eigenvalue weighted by Crippen LogP contribution is -2.18. The summed E-state index contributed by atoms with van der Waals surface area (Å²) in [5.41, 5.74) is 5.19. The van der Waals surface area contributed by atoms with Gasteiger partial charge >= 0.3 is 6.03 Å². The monoisotopic (exact) mass is 323 g/mol. The predicted molar refractivity (Wildman–Crippen MR) is 81.3 cm³/mol. The van der Waals surface area contributed by atoms with Crippen LogP contribution in [0.15, 0.2) is 35.6 Å². The number of halogens is 1. The number of aromatic hydroxyl groups is 1. The second kappa shape index (κ2) is 4.91. The minimum atomic E-state index is -0.987. The first-order valence-electron chi connectivity index (χ1n) is 7.18. The number of nitrogens with two attached hydrogens (primary N) is 1. The Morgan fingerprint density at radius 1 is 1.43 bits per heavy atom. The minimum absolute atomic E-state index is 0.177. The maximum absolute atomic E-state index is 12.8. The normalized spacial score (nSPS) is 12.9. The number of rotatable bonds is 2. The number of fused-ring (bicyclic) bond motifs is 1. The van der Waals surface area contributed by atoms with Gasteiger partial charge in [-0.05, 0) is 29.6 Å². The fraction of sp³-hybridized carbons (Fsp3) is 0. The fourth-order valence-electron chi connectivity index (χ4n) is 2.10. The van der Waals surface area contributed by atoms with E-state index in [4.69, 9.17) is 21.4 Å². The van der Waals surface area contributed by atoms with Crippen LogP contribution in [-0.4, -0.2) is 21.5 Å². The van der Waals surface area contributed by atoms with Crippen molar-refractivity contribution in [3.63, 3.8) is 0 Å². The summed E-state index contributed by atoms with van der Waals surface area (Å²) >= 11 is 6.59. The molecule has 1 amide bonds. The third-order valence-corrected chi connectivity index (χ3v) is 3.87. The van der Waals surface area contributed by atoms with Crippen LogP contribution in [0.3, 0.4) is 0 Å². The number of nitrogens with zero attached hydrogens (tertiary/aromatic N) is 1. The maximum Gasteiger partial charge on any atom is 0.326 e. The summed E-state index contributed by atoms with van der Waals surface area (Å²) < 4.78 is 23.7. The highest BCUT2D eigenvalue weighted by molar-refractivity contribution is 7.12. The average molecular weight is 324 g/mol. The molecule has 0 aliphatic heterocycles. The van der Waals surface area contributed by atoms with Crippen molar-refractivity contribution in [1.29, 1.82) is 0 Å². The van der Waals surface area contributed by atoms with Crippen molar-refractivity contribution in [2.24, 2.45) is 5.73 Å². The third-order valence-electron chi connectivity index (χ3n) is 2.94. The van der Waals surface area contributed by atoms with Crippen LogP contribution in [-0.2, 0) is 0 Å². The van der Waals surface area contributed by atoms with Crippen LogP contribution in [0.4, 0.5) is 4.79 Å². The Hall–Kier alpha value is -2.31. The van der Waals surface area contributed by atoms with Crippen molar-refractivity contribution in [3.05, 3.63) is 51.1 Å². The number of carbonyl (C=O) groups excluding carboxylic acids is 2. The zero-order valence-electron chi connectivity index (χ0n) is 13.3. The topological polar surface area (TPSA) is 85.3 Å². The van der Waals surface area contributed by atoms with Gasteiger partial charge in [-0.1, -0.05) is 17.6 Å². The van der Waals surface area contributed by atoms with E-state index in [2.05, 4.69) is 0 Å². The Morgan fingerprint density at radius 2 is 2.19 bits per heavy atom. The Bertz CT molecular complexity index is 1030. The second-order valence-corrected chi connectivity index (χ2v) is 5.40. The predicted octanol–water partition coefficient (Wildman–Crippen LogP) is 3.22. The number of thiophene rings is 1. The lowest BCUT2D eigenvalue weighted by atomic mass is 10.1. The molecule has 0 spiro atoms. The van der Waals surface area contributed by atoms with Gasteiger partial charge in [0, 0.05) is 10.4 Å². The van der Waals surface area contributed by atoms with Crippen molar-refractivity contribution in [2.45, 2.75) is 0 Å². The largest absolute Gasteiger partial charge is 0.494 e. The number of ketones is 1. The van der Waals surface area contributed by atoms with Gasteiger partial charge in [0.25, 0.3) is 0 Å². The summed E-state index contributed by atoms with van der Waals surface area (Å²) in [6.45, 7) is 0. The summed E-state index contributed by atoms with van der Waals surface area (Å²) in [6, 6.07) is 2.53. The summed E-state index contributed by atoms with van der Waals surface area (Å²) in [6.07, 6.45) is 0. The van der Waals surface area contributed by atoms with Crippen molar-refractivity contribution in [2.75, 3.05) is 0 Å². The Kier molecular flexibility index (Phi) is 2.44. The molecule has 0 atom stereocenters. The van der Waals surface area contributed by atoms with Crippen LogP contribution in [0.25, 0.3) is 10.9 Å². The van der Waals surface area contributed by atoms with Crippen LogP contribution >= 0.6 is 22.9 Å². The first-order valence-corrected chi connectivity index (χ1v) is 6.87. The van der Waals surface area contributed by atoms with E-state index in [9.17, 15) is 14.7 Å². The van der Waals surface area contributed by atoms with Gasteiger partial charge in [-0.2, -0.15) is 0 Å². The molecule has 3 aromatic rings. The molecule has 3 rings (SSSR count).